The molecular weight excluding hydrogens is 514 g/mol. The van der Waals surface area contributed by atoms with Crippen molar-refractivity contribution in [2.24, 2.45) is 14.1 Å². The third kappa shape index (κ3) is 4.75. The first-order chi connectivity index (χ1) is 18.6. The van der Waals surface area contributed by atoms with Gasteiger partial charge in [0.05, 0.1) is 35.4 Å². The number of aryl methyl sites for hydroxylation is 2. The van der Waals surface area contributed by atoms with Crippen molar-refractivity contribution >= 4 is 28.5 Å². The maximum Gasteiger partial charge on any atom is 0.338 e. The predicted octanol–water partition coefficient (Wildman–Crippen LogP) is 5.44. The number of benzene rings is 3. The number of carbonyl (C=O) groups is 1. The second kappa shape index (κ2) is 10.2. The molecule has 7 nitrogen and oxygen atoms in total. The molecule has 0 saturated heterocycles. The highest BCUT2D eigenvalue weighted by Crippen LogP contribution is 2.39. The van der Waals surface area contributed by atoms with E-state index in [1.165, 1.54) is 0 Å². The average Bonchev–Trinajstić information content (AvgIpc) is 3.36. The third-order valence-electron chi connectivity index (χ3n) is 6.85. The van der Waals surface area contributed by atoms with Crippen molar-refractivity contribution in [2.75, 3.05) is 0 Å². The van der Waals surface area contributed by atoms with Crippen molar-refractivity contribution in [3.8, 4) is 11.1 Å². The van der Waals surface area contributed by atoms with Crippen LogP contribution >= 0.6 is 11.6 Å². The summed E-state index contributed by atoms with van der Waals surface area (Å²) in [5, 5.41) is 13.9. The molecule has 1 atom stereocenters. The largest absolute Gasteiger partial charge is 0.459 e. The molecule has 1 N–H and O–H groups in total. The van der Waals surface area contributed by atoms with Gasteiger partial charge in [-0.3, -0.25) is 4.79 Å². The molecule has 0 spiro atoms. The van der Waals surface area contributed by atoms with Crippen LogP contribution in [0.3, 0.4) is 0 Å². The van der Waals surface area contributed by atoms with Crippen molar-refractivity contribution in [3.05, 3.63) is 123 Å². The first-order valence-corrected chi connectivity index (χ1v) is 12.9. The van der Waals surface area contributed by atoms with Crippen molar-refractivity contribution in [2.45, 2.75) is 25.6 Å². The second-order valence-corrected chi connectivity index (χ2v) is 10.3. The minimum atomic E-state index is -1.69. The van der Waals surface area contributed by atoms with Crippen LogP contribution < -0.4 is 5.56 Å². The Labute approximate surface area is 230 Å². The van der Waals surface area contributed by atoms with Crippen LogP contribution in [0.4, 0.5) is 0 Å². The minimum Gasteiger partial charge on any atom is -0.459 e. The molecule has 0 bridgehead atoms. The van der Waals surface area contributed by atoms with E-state index in [0.29, 0.717) is 38.5 Å². The summed E-state index contributed by atoms with van der Waals surface area (Å²) in [6, 6.07) is 21.1. The molecule has 5 rings (SSSR count). The molecule has 5 aromatic rings. The lowest BCUT2D eigenvalue weighted by Gasteiger charge is -2.30. The molecule has 0 saturated carbocycles. The monoisotopic (exact) mass is 541 g/mol. The lowest BCUT2D eigenvalue weighted by molar-refractivity contribution is 0.0377. The molecule has 0 radical (unpaired) electrons. The fraction of sp³-hybridized carbons (Fsp3) is 0.194. The third-order valence-corrected chi connectivity index (χ3v) is 7.08. The summed E-state index contributed by atoms with van der Waals surface area (Å²) in [6.45, 7) is 3.57. The standard InChI is InChI=1S/C31H28ClN3O4/c1-19(2)39-30(37)21-8-5-9-22(13-21)31(38,28-17-33-18-34(28)3)23-11-12-27-26(15-23)25(16-29(36)35(27)4)20-7-6-10-24(32)14-20/h5-19,38H,1-4H3. The number of ether oxygens (including phenoxy) is 1. The van der Waals surface area contributed by atoms with Gasteiger partial charge < -0.3 is 19.0 Å². The Morgan fingerprint density at radius 2 is 1.74 bits per heavy atom. The van der Waals surface area contributed by atoms with Crippen LogP contribution in [0.2, 0.25) is 5.02 Å². The second-order valence-electron chi connectivity index (χ2n) is 9.83. The number of rotatable bonds is 6. The van der Waals surface area contributed by atoms with Crippen molar-refractivity contribution in [3.63, 3.8) is 0 Å². The number of aliphatic hydroxyl groups is 1. The van der Waals surface area contributed by atoms with Gasteiger partial charge >= 0.3 is 5.97 Å². The Morgan fingerprint density at radius 3 is 2.44 bits per heavy atom. The number of hydrogen-bond donors (Lipinski definition) is 1. The van der Waals surface area contributed by atoms with Gasteiger partial charge in [0.1, 0.15) is 0 Å². The van der Waals surface area contributed by atoms with E-state index in [4.69, 9.17) is 16.3 Å². The Balaban J connectivity index is 1.79. The van der Waals surface area contributed by atoms with Crippen LogP contribution in [0.25, 0.3) is 22.0 Å². The molecule has 198 valence electrons. The molecule has 1 unspecified atom stereocenters. The smallest absolute Gasteiger partial charge is 0.338 e. The molecule has 2 heterocycles. The maximum atomic E-state index is 12.8. The topological polar surface area (TPSA) is 86.3 Å². The Kier molecular flexibility index (Phi) is 6.89. The van der Waals surface area contributed by atoms with E-state index in [9.17, 15) is 14.7 Å². The van der Waals surface area contributed by atoms with Gasteiger partial charge in [-0.05, 0) is 72.5 Å². The van der Waals surface area contributed by atoms with Crippen LogP contribution in [-0.4, -0.2) is 31.3 Å². The number of imidazole rings is 1. The van der Waals surface area contributed by atoms with Crippen LogP contribution in [0.1, 0.15) is 41.0 Å². The molecule has 3 aromatic carbocycles. The van der Waals surface area contributed by atoms with E-state index in [2.05, 4.69) is 4.98 Å². The Hall–Kier alpha value is -4.20. The zero-order valence-corrected chi connectivity index (χ0v) is 22.8. The predicted molar refractivity (Wildman–Crippen MR) is 152 cm³/mol. The number of halogens is 1. The maximum absolute atomic E-state index is 12.8. The van der Waals surface area contributed by atoms with Crippen LogP contribution in [0, 0.1) is 0 Å². The van der Waals surface area contributed by atoms with Gasteiger partial charge in [-0.25, -0.2) is 9.78 Å². The summed E-state index contributed by atoms with van der Waals surface area (Å²) in [5.74, 6) is -0.476. The number of fused-ring (bicyclic) bond motifs is 1. The zero-order valence-electron chi connectivity index (χ0n) is 22.1. The van der Waals surface area contributed by atoms with Gasteiger partial charge in [0.25, 0.3) is 5.56 Å². The molecule has 8 heteroatoms. The van der Waals surface area contributed by atoms with Crippen molar-refractivity contribution in [1.82, 2.24) is 14.1 Å². The lowest BCUT2D eigenvalue weighted by Crippen LogP contribution is -2.31. The SMILES string of the molecule is CC(C)OC(=O)c1cccc(C(O)(c2ccc3c(c2)c(-c2cccc(Cl)c2)cc(=O)n3C)c2cncn2C)c1. The van der Waals surface area contributed by atoms with E-state index in [1.54, 1.807) is 98.1 Å². The number of hydrogen-bond acceptors (Lipinski definition) is 5. The van der Waals surface area contributed by atoms with Crippen LogP contribution in [0.5, 0.6) is 0 Å². The normalized spacial score (nSPS) is 13.0. The van der Waals surface area contributed by atoms with E-state index in [-0.39, 0.29) is 11.7 Å². The van der Waals surface area contributed by atoms with Crippen LogP contribution in [-0.2, 0) is 24.4 Å². The van der Waals surface area contributed by atoms with Crippen molar-refractivity contribution in [1.29, 1.82) is 0 Å². The highest BCUT2D eigenvalue weighted by Gasteiger charge is 2.37. The highest BCUT2D eigenvalue weighted by molar-refractivity contribution is 6.30. The molecule has 0 aliphatic carbocycles. The fourth-order valence-corrected chi connectivity index (χ4v) is 5.09. The first-order valence-electron chi connectivity index (χ1n) is 12.5. The number of aromatic nitrogens is 3. The van der Waals surface area contributed by atoms with E-state index in [0.717, 1.165) is 10.9 Å². The molecule has 0 aliphatic heterocycles. The van der Waals surface area contributed by atoms with Gasteiger partial charge in [0, 0.05) is 30.6 Å². The summed E-state index contributed by atoms with van der Waals surface area (Å²) in [6.07, 6.45) is 2.93. The van der Waals surface area contributed by atoms with Crippen molar-refractivity contribution < 1.29 is 14.6 Å². The van der Waals surface area contributed by atoms with Gasteiger partial charge in [0.15, 0.2) is 5.60 Å². The number of nitrogens with zero attached hydrogens (tertiary/aromatic N) is 3. The molecule has 2 aromatic heterocycles. The Bertz CT molecular complexity index is 1770. The highest BCUT2D eigenvalue weighted by atomic mass is 35.5. The summed E-state index contributed by atoms with van der Waals surface area (Å²) in [4.78, 5) is 29.8. The number of pyridine rings is 1. The molecule has 0 fully saturated rings. The first kappa shape index (κ1) is 26.4. The summed E-state index contributed by atoms with van der Waals surface area (Å²) in [5.41, 5.74) is 2.16. The van der Waals surface area contributed by atoms with E-state index >= 15 is 0 Å². The number of esters is 1. The fourth-order valence-electron chi connectivity index (χ4n) is 4.90. The molecule has 0 amide bonds. The van der Waals surface area contributed by atoms with E-state index < -0.39 is 11.6 Å². The quantitative estimate of drug-likeness (QED) is 0.289. The molecule has 0 aliphatic rings. The lowest BCUT2D eigenvalue weighted by atomic mass is 9.82. The number of carbonyl (C=O) groups excluding carboxylic acids is 1. The summed E-state index contributed by atoms with van der Waals surface area (Å²) in [7, 11) is 3.51. The zero-order chi connectivity index (χ0) is 27.9. The summed E-state index contributed by atoms with van der Waals surface area (Å²) < 4.78 is 8.71. The molecular formula is C31H28ClN3O4. The summed E-state index contributed by atoms with van der Waals surface area (Å²) >= 11 is 6.29. The average molecular weight is 542 g/mol. The van der Waals surface area contributed by atoms with Gasteiger partial charge in [-0.1, -0.05) is 41.9 Å². The van der Waals surface area contributed by atoms with Gasteiger partial charge in [0.2, 0.25) is 0 Å². The van der Waals surface area contributed by atoms with E-state index in [1.807, 2.05) is 24.3 Å². The molecule has 39 heavy (non-hydrogen) atoms. The minimum absolute atomic E-state index is 0.163. The van der Waals surface area contributed by atoms with Gasteiger partial charge in [-0.2, -0.15) is 0 Å². The van der Waals surface area contributed by atoms with Gasteiger partial charge in [-0.15, -0.1) is 0 Å². The Morgan fingerprint density at radius 1 is 1.00 bits per heavy atom. The van der Waals surface area contributed by atoms with Crippen LogP contribution in [0.15, 0.2) is 90.1 Å².